The minimum absolute atomic E-state index is 0.104. The number of hydrogen-bond acceptors (Lipinski definition) is 4. The van der Waals surface area contributed by atoms with Gasteiger partial charge in [-0.3, -0.25) is 0 Å². The molecule has 6 heteroatoms. The van der Waals surface area contributed by atoms with Crippen LogP contribution in [0.4, 0.5) is 11.4 Å². The predicted molar refractivity (Wildman–Crippen MR) is 123 cm³/mol. The molecule has 1 aliphatic carbocycles. The summed E-state index contributed by atoms with van der Waals surface area (Å²) in [6, 6.07) is 8.98. The fourth-order valence-electron chi connectivity index (χ4n) is 4.78. The minimum atomic E-state index is -3.16. The summed E-state index contributed by atoms with van der Waals surface area (Å²) in [5.74, 6) is 2.13. The van der Waals surface area contributed by atoms with Gasteiger partial charge in [-0.25, -0.2) is 13.1 Å². The fraction of sp³-hybridized carbons (Fsp3) is 0.739. The van der Waals surface area contributed by atoms with Crippen LogP contribution in [0.2, 0.25) is 0 Å². The van der Waals surface area contributed by atoms with Crippen LogP contribution in [-0.2, 0) is 10.0 Å². The quantitative estimate of drug-likeness (QED) is 0.682. The standard InChI is InChI=1S/C23H39N3O2S/c1-17(2)29(27,28)25-22-7-5-20(6-8-22)14-24-21-9-11-23(12-10-21)26-15-18(3)13-19(4)16-26/h9-12,17-20,22,24-25H,5-8,13-16H2,1-4H3/t18-,19+,20?,22?. The van der Waals surface area contributed by atoms with Gasteiger partial charge in [0, 0.05) is 37.1 Å². The summed E-state index contributed by atoms with van der Waals surface area (Å²) in [6.07, 6.45) is 5.34. The molecule has 1 saturated heterocycles. The molecule has 2 N–H and O–H groups in total. The van der Waals surface area contributed by atoms with Crippen molar-refractivity contribution in [2.45, 2.75) is 71.1 Å². The number of benzene rings is 1. The second kappa shape index (κ2) is 9.69. The van der Waals surface area contributed by atoms with Crippen molar-refractivity contribution in [3.05, 3.63) is 24.3 Å². The van der Waals surface area contributed by atoms with Crippen LogP contribution in [0.3, 0.4) is 0 Å². The zero-order valence-corrected chi connectivity index (χ0v) is 19.3. The van der Waals surface area contributed by atoms with E-state index < -0.39 is 10.0 Å². The van der Waals surface area contributed by atoms with E-state index in [2.05, 4.69) is 53.1 Å². The summed E-state index contributed by atoms with van der Waals surface area (Å²) in [4.78, 5) is 2.52. The summed E-state index contributed by atoms with van der Waals surface area (Å²) >= 11 is 0. The molecule has 2 fully saturated rings. The van der Waals surface area contributed by atoms with Crippen LogP contribution >= 0.6 is 0 Å². The molecule has 0 unspecified atom stereocenters. The van der Waals surface area contributed by atoms with E-state index in [-0.39, 0.29) is 11.3 Å². The highest BCUT2D eigenvalue weighted by Gasteiger charge is 2.26. The van der Waals surface area contributed by atoms with Crippen molar-refractivity contribution in [2.24, 2.45) is 17.8 Å². The molecule has 1 aliphatic heterocycles. The maximum absolute atomic E-state index is 12.0. The Morgan fingerprint density at radius 3 is 2.14 bits per heavy atom. The number of anilines is 2. The van der Waals surface area contributed by atoms with Crippen molar-refractivity contribution in [3.63, 3.8) is 0 Å². The van der Waals surface area contributed by atoms with E-state index in [4.69, 9.17) is 0 Å². The van der Waals surface area contributed by atoms with Gasteiger partial charge in [-0.2, -0.15) is 0 Å². The van der Waals surface area contributed by atoms with E-state index in [1.54, 1.807) is 13.8 Å². The number of piperidine rings is 1. The maximum atomic E-state index is 12.0. The number of nitrogens with zero attached hydrogens (tertiary/aromatic N) is 1. The van der Waals surface area contributed by atoms with E-state index in [1.807, 2.05) is 0 Å². The molecule has 164 valence electrons. The smallest absolute Gasteiger partial charge is 0.214 e. The predicted octanol–water partition coefficient (Wildman–Crippen LogP) is 4.47. The SMILES string of the molecule is CC(C)S(=O)(=O)NC1CCC(CNc2ccc(N3C[C@H](C)C[C@H](C)C3)cc2)CC1. The lowest BCUT2D eigenvalue weighted by molar-refractivity contribution is 0.323. The second-order valence-corrected chi connectivity index (χ2v) is 12.0. The highest BCUT2D eigenvalue weighted by Crippen LogP contribution is 2.28. The van der Waals surface area contributed by atoms with E-state index in [0.29, 0.717) is 5.92 Å². The van der Waals surface area contributed by atoms with Crippen LogP contribution < -0.4 is 14.9 Å². The van der Waals surface area contributed by atoms with Gasteiger partial charge in [-0.15, -0.1) is 0 Å². The van der Waals surface area contributed by atoms with Crippen molar-refractivity contribution in [2.75, 3.05) is 29.9 Å². The fourth-order valence-corrected chi connectivity index (χ4v) is 5.75. The second-order valence-electron chi connectivity index (χ2n) is 9.71. The van der Waals surface area contributed by atoms with E-state index in [1.165, 1.54) is 17.8 Å². The van der Waals surface area contributed by atoms with Crippen molar-refractivity contribution in [1.82, 2.24) is 4.72 Å². The Balaban J connectivity index is 1.43. The average Bonchev–Trinajstić information content (AvgIpc) is 2.67. The molecular weight excluding hydrogens is 382 g/mol. The van der Waals surface area contributed by atoms with Gasteiger partial charge < -0.3 is 10.2 Å². The van der Waals surface area contributed by atoms with Gasteiger partial charge >= 0.3 is 0 Å². The van der Waals surface area contributed by atoms with Crippen molar-refractivity contribution in [1.29, 1.82) is 0 Å². The van der Waals surface area contributed by atoms with Gasteiger partial charge in [-0.05, 0) is 88.0 Å². The zero-order valence-electron chi connectivity index (χ0n) is 18.5. The Hall–Kier alpha value is -1.27. The third-order valence-corrected chi connectivity index (χ3v) is 8.40. The molecule has 29 heavy (non-hydrogen) atoms. The third kappa shape index (κ3) is 6.35. The average molecular weight is 422 g/mol. The van der Waals surface area contributed by atoms with Crippen molar-refractivity contribution in [3.8, 4) is 0 Å². The lowest BCUT2D eigenvalue weighted by Crippen LogP contribution is -2.41. The molecular formula is C23H39N3O2S. The van der Waals surface area contributed by atoms with Crippen LogP contribution in [0.5, 0.6) is 0 Å². The van der Waals surface area contributed by atoms with Gasteiger partial charge in [0.15, 0.2) is 0 Å². The van der Waals surface area contributed by atoms with Crippen molar-refractivity contribution < 1.29 is 8.42 Å². The van der Waals surface area contributed by atoms with Crippen LogP contribution in [0, 0.1) is 17.8 Å². The van der Waals surface area contributed by atoms with E-state index in [9.17, 15) is 8.42 Å². The Kier molecular flexibility index (Phi) is 7.49. The molecule has 1 saturated carbocycles. The number of hydrogen-bond donors (Lipinski definition) is 2. The molecule has 2 atom stereocenters. The van der Waals surface area contributed by atoms with E-state index >= 15 is 0 Å². The normalized spacial score (nSPS) is 28.5. The lowest BCUT2D eigenvalue weighted by atomic mass is 9.86. The molecule has 2 aliphatic rings. The summed E-state index contributed by atoms with van der Waals surface area (Å²) in [6.45, 7) is 11.4. The zero-order chi connectivity index (χ0) is 21.0. The molecule has 1 aromatic carbocycles. The Morgan fingerprint density at radius 2 is 1.59 bits per heavy atom. The Bertz CT molecular complexity index is 730. The summed E-state index contributed by atoms with van der Waals surface area (Å²) < 4.78 is 27.0. The van der Waals surface area contributed by atoms with Crippen molar-refractivity contribution >= 4 is 21.4 Å². The van der Waals surface area contributed by atoms with Gasteiger partial charge in [0.1, 0.15) is 0 Å². The van der Waals surface area contributed by atoms with Gasteiger partial charge in [-0.1, -0.05) is 13.8 Å². The summed E-state index contributed by atoms with van der Waals surface area (Å²) in [5, 5.41) is 3.23. The first kappa shape index (κ1) is 22.4. The lowest BCUT2D eigenvalue weighted by Gasteiger charge is -2.36. The molecule has 0 spiro atoms. The molecule has 5 nitrogen and oxygen atoms in total. The Labute approximate surface area is 177 Å². The molecule has 0 aromatic heterocycles. The van der Waals surface area contributed by atoms with Crippen LogP contribution in [-0.4, -0.2) is 39.3 Å². The van der Waals surface area contributed by atoms with Gasteiger partial charge in [0.2, 0.25) is 10.0 Å². The first-order valence-electron chi connectivity index (χ1n) is 11.3. The monoisotopic (exact) mass is 421 g/mol. The summed E-state index contributed by atoms with van der Waals surface area (Å²) in [5.41, 5.74) is 2.50. The highest BCUT2D eigenvalue weighted by atomic mass is 32.2. The maximum Gasteiger partial charge on any atom is 0.214 e. The van der Waals surface area contributed by atoms with Gasteiger partial charge in [0.25, 0.3) is 0 Å². The summed E-state index contributed by atoms with van der Waals surface area (Å²) in [7, 11) is -3.16. The van der Waals surface area contributed by atoms with Crippen LogP contribution in [0.1, 0.15) is 59.8 Å². The minimum Gasteiger partial charge on any atom is -0.385 e. The highest BCUT2D eigenvalue weighted by molar-refractivity contribution is 7.90. The van der Waals surface area contributed by atoms with Crippen LogP contribution in [0.25, 0.3) is 0 Å². The molecule has 0 bridgehead atoms. The van der Waals surface area contributed by atoms with E-state index in [0.717, 1.165) is 57.2 Å². The number of nitrogens with one attached hydrogen (secondary N) is 2. The third-order valence-electron chi connectivity index (χ3n) is 6.49. The number of rotatable bonds is 7. The van der Waals surface area contributed by atoms with Gasteiger partial charge in [0.05, 0.1) is 5.25 Å². The topological polar surface area (TPSA) is 61.4 Å². The first-order chi connectivity index (χ1) is 13.7. The molecule has 0 radical (unpaired) electrons. The first-order valence-corrected chi connectivity index (χ1v) is 12.9. The molecule has 1 heterocycles. The molecule has 0 amide bonds. The molecule has 3 rings (SSSR count). The Morgan fingerprint density at radius 1 is 1.00 bits per heavy atom. The molecule has 1 aromatic rings. The largest absolute Gasteiger partial charge is 0.385 e. The van der Waals surface area contributed by atoms with Crippen LogP contribution in [0.15, 0.2) is 24.3 Å². The number of sulfonamides is 1.